The van der Waals surface area contributed by atoms with Crippen molar-refractivity contribution in [2.24, 2.45) is 17.3 Å². The maximum atomic E-state index is 5.26. The van der Waals surface area contributed by atoms with Gasteiger partial charge in [0, 0.05) is 6.61 Å². The molecule has 0 rings (SSSR count). The Kier molecular flexibility index (Phi) is 5.10. The van der Waals surface area contributed by atoms with Crippen molar-refractivity contribution in [1.82, 2.24) is 0 Å². The van der Waals surface area contributed by atoms with Crippen molar-refractivity contribution >= 4 is 10.5 Å². The van der Waals surface area contributed by atoms with Crippen molar-refractivity contribution in [3.63, 3.8) is 0 Å². The van der Waals surface area contributed by atoms with E-state index in [9.17, 15) is 0 Å². The molecule has 0 radical (unpaired) electrons. The Hall–Kier alpha value is 0.177. The van der Waals surface area contributed by atoms with Gasteiger partial charge in [-0.25, -0.2) is 0 Å². The summed E-state index contributed by atoms with van der Waals surface area (Å²) in [4.78, 5) is 0. The molecule has 1 nitrogen and oxygen atoms in total. The quantitative estimate of drug-likeness (QED) is 0.613. The highest BCUT2D eigenvalue weighted by Gasteiger charge is 2.26. The summed E-state index contributed by atoms with van der Waals surface area (Å²) in [5.74, 6) is 1.55. The smallest absolute Gasteiger partial charge is 0.145 e. The molecule has 0 heterocycles. The average Bonchev–Trinajstić information content (AvgIpc) is 1.84. The van der Waals surface area contributed by atoms with Crippen molar-refractivity contribution in [2.45, 2.75) is 41.0 Å². The van der Waals surface area contributed by atoms with Crippen LogP contribution in [0.1, 0.15) is 41.0 Å². The minimum absolute atomic E-state index is 0.425. The van der Waals surface area contributed by atoms with Crippen LogP contribution in [-0.2, 0) is 4.43 Å². The number of hydrogen-bond acceptors (Lipinski definition) is 1. The van der Waals surface area contributed by atoms with Crippen LogP contribution in [0.25, 0.3) is 0 Å². The fourth-order valence-corrected chi connectivity index (χ4v) is 2.25. The van der Waals surface area contributed by atoms with Crippen LogP contribution in [0.15, 0.2) is 0 Å². The summed E-state index contributed by atoms with van der Waals surface area (Å²) in [6.45, 7) is 12.5. The maximum absolute atomic E-state index is 5.26. The predicted molar refractivity (Wildman–Crippen MR) is 58.3 cm³/mol. The summed E-state index contributed by atoms with van der Waals surface area (Å²) in [5.41, 5.74) is 0.425. The lowest BCUT2D eigenvalue weighted by Gasteiger charge is -2.34. The zero-order valence-electron chi connectivity index (χ0n) is 9.48. The van der Waals surface area contributed by atoms with Crippen LogP contribution in [0.3, 0.4) is 0 Å². The third kappa shape index (κ3) is 4.26. The molecule has 0 N–H and O–H groups in total. The minimum Gasteiger partial charge on any atom is -0.428 e. The van der Waals surface area contributed by atoms with Gasteiger partial charge in [0.1, 0.15) is 10.5 Å². The van der Waals surface area contributed by atoms with Crippen molar-refractivity contribution in [3.8, 4) is 0 Å². The van der Waals surface area contributed by atoms with Gasteiger partial charge in [0.2, 0.25) is 0 Å². The average molecular weight is 188 g/mol. The molecule has 0 aromatic carbocycles. The summed E-state index contributed by atoms with van der Waals surface area (Å²) in [5, 5.41) is 0. The fraction of sp³-hybridized carbons (Fsp3) is 1.00. The first-order valence-electron chi connectivity index (χ1n) is 4.88. The van der Waals surface area contributed by atoms with Crippen molar-refractivity contribution in [1.29, 1.82) is 0 Å². The summed E-state index contributed by atoms with van der Waals surface area (Å²) >= 11 is 0. The van der Waals surface area contributed by atoms with Gasteiger partial charge in [-0.2, -0.15) is 0 Å². The van der Waals surface area contributed by atoms with Gasteiger partial charge in [-0.1, -0.05) is 34.6 Å². The van der Waals surface area contributed by atoms with Crippen LogP contribution < -0.4 is 0 Å². The zero-order valence-corrected chi connectivity index (χ0v) is 11.5. The maximum Gasteiger partial charge on any atom is 0.145 e. The second kappa shape index (κ2) is 5.03. The van der Waals surface area contributed by atoms with Crippen LogP contribution in [-0.4, -0.2) is 17.1 Å². The molecular formula is C10H24OSi. The predicted octanol–water partition coefficient (Wildman–Crippen LogP) is 1.99. The summed E-state index contributed by atoms with van der Waals surface area (Å²) < 4.78 is 5.26. The Morgan fingerprint density at radius 2 is 1.75 bits per heavy atom. The lowest BCUT2D eigenvalue weighted by molar-refractivity contribution is 0.141. The highest BCUT2D eigenvalue weighted by atomic mass is 28.2. The highest BCUT2D eigenvalue weighted by Crippen LogP contribution is 2.34. The molecule has 0 bridgehead atoms. The molecule has 0 aliphatic heterocycles. The number of hydrogen-bond donors (Lipinski definition) is 0. The number of rotatable bonds is 4. The lowest BCUT2D eigenvalue weighted by Crippen LogP contribution is -2.26. The van der Waals surface area contributed by atoms with Crippen molar-refractivity contribution in [2.75, 3.05) is 6.61 Å². The molecule has 1 unspecified atom stereocenters. The first kappa shape index (κ1) is 12.2. The van der Waals surface area contributed by atoms with Gasteiger partial charge in [-0.05, 0) is 23.7 Å². The van der Waals surface area contributed by atoms with Gasteiger partial charge in [0.05, 0.1) is 0 Å². The van der Waals surface area contributed by atoms with Crippen LogP contribution in [0.4, 0.5) is 0 Å². The van der Waals surface area contributed by atoms with E-state index in [1.54, 1.807) is 0 Å². The van der Waals surface area contributed by atoms with Crippen LogP contribution in [0.5, 0.6) is 0 Å². The first-order chi connectivity index (χ1) is 5.39. The van der Waals surface area contributed by atoms with E-state index in [0.29, 0.717) is 5.41 Å². The summed E-state index contributed by atoms with van der Waals surface area (Å²) in [6, 6.07) is 0. The molecule has 0 fully saturated rings. The van der Waals surface area contributed by atoms with Gasteiger partial charge < -0.3 is 4.43 Å². The Morgan fingerprint density at radius 3 is 2.00 bits per heavy atom. The first-order valence-corrected chi connectivity index (χ1v) is 5.70. The Morgan fingerprint density at radius 1 is 1.25 bits per heavy atom. The van der Waals surface area contributed by atoms with E-state index in [4.69, 9.17) is 4.43 Å². The second-order valence-corrected chi connectivity index (χ2v) is 5.58. The summed E-state index contributed by atoms with van der Waals surface area (Å²) in [7, 11) is 0.877. The summed E-state index contributed by atoms with van der Waals surface area (Å²) in [6.07, 6.45) is 1.21. The van der Waals surface area contributed by atoms with E-state index in [1.807, 2.05) is 0 Å². The molecule has 1 atom stereocenters. The third-order valence-corrected chi connectivity index (χ3v) is 2.96. The van der Waals surface area contributed by atoms with E-state index < -0.39 is 0 Å². The Bertz CT molecular complexity index is 115. The molecule has 0 saturated carbocycles. The van der Waals surface area contributed by atoms with Gasteiger partial charge in [0.15, 0.2) is 0 Å². The molecule has 0 amide bonds. The molecule has 0 aromatic rings. The molecule has 74 valence electrons. The van der Waals surface area contributed by atoms with Gasteiger partial charge in [0.25, 0.3) is 0 Å². The molecular weight excluding hydrogens is 164 g/mol. The van der Waals surface area contributed by atoms with E-state index in [1.165, 1.54) is 6.42 Å². The van der Waals surface area contributed by atoms with E-state index in [0.717, 1.165) is 28.9 Å². The van der Waals surface area contributed by atoms with E-state index in [2.05, 4.69) is 34.6 Å². The monoisotopic (exact) mass is 188 g/mol. The lowest BCUT2D eigenvalue weighted by atomic mass is 9.73. The minimum atomic E-state index is 0.425. The van der Waals surface area contributed by atoms with Crippen molar-refractivity contribution in [3.05, 3.63) is 0 Å². The SMILES string of the molecule is CC(C)C(CCO[SiH3])C(C)(C)C. The molecule has 12 heavy (non-hydrogen) atoms. The van der Waals surface area contributed by atoms with Gasteiger partial charge in [-0.3, -0.25) is 0 Å². The molecule has 0 aromatic heterocycles. The highest BCUT2D eigenvalue weighted by molar-refractivity contribution is 5.97. The Labute approximate surface area is 80.4 Å². The van der Waals surface area contributed by atoms with E-state index in [-0.39, 0.29) is 0 Å². The van der Waals surface area contributed by atoms with Gasteiger partial charge in [-0.15, -0.1) is 0 Å². The largest absolute Gasteiger partial charge is 0.428 e. The van der Waals surface area contributed by atoms with Gasteiger partial charge >= 0.3 is 0 Å². The molecule has 0 aliphatic carbocycles. The van der Waals surface area contributed by atoms with Crippen molar-refractivity contribution < 1.29 is 4.43 Å². The van der Waals surface area contributed by atoms with Crippen LogP contribution in [0.2, 0.25) is 0 Å². The van der Waals surface area contributed by atoms with E-state index >= 15 is 0 Å². The Balaban J connectivity index is 4.05. The normalized spacial score (nSPS) is 15.5. The molecule has 0 saturated heterocycles. The third-order valence-electron chi connectivity index (χ3n) is 2.55. The zero-order chi connectivity index (χ0) is 9.78. The molecule has 0 spiro atoms. The molecule has 2 heteroatoms. The molecule has 0 aliphatic rings. The second-order valence-electron chi connectivity index (χ2n) is 5.00. The van der Waals surface area contributed by atoms with Crippen LogP contribution in [0, 0.1) is 17.3 Å². The standard InChI is InChI=1S/C10H24OSi/c1-8(2)9(6-7-11-12)10(3,4)5/h8-9H,6-7H2,1-5,12H3. The topological polar surface area (TPSA) is 9.23 Å². The fourth-order valence-electron chi connectivity index (χ4n) is 2.01. The van der Waals surface area contributed by atoms with Crippen LogP contribution >= 0.6 is 0 Å².